The third-order valence-corrected chi connectivity index (χ3v) is 3.71. The zero-order valence-corrected chi connectivity index (χ0v) is 14.4. The van der Waals surface area contributed by atoms with Crippen LogP contribution < -0.4 is 10.6 Å². The molecular weight excluding hydrogens is 308 g/mol. The molecule has 24 heavy (non-hydrogen) atoms. The van der Waals surface area contributed by atoms with E-state index in [1.54, 1.807) is 0 Å². The van der Waals surface area contributed by atoms with E-state index in [0.717, 1.165) is 38.0 Å². The molecule has 136 valence electrons. The fourth-order valence-corrected chi connectivity index (χ4v) is 2.35. The van der Waals surface area contributed by atoms with E-state index in [1.807, 2.05) is 30.3 Å². The van der Waals surface area contributed by atoms with Gasteiger partial charge < -0.3 is 25.6 Å². The Hall–Kier alpha value is -1.63. The van der Waals surface area contributed by atoms with Crippen LogP contribution in [0.3, 0.4) is 0 Å². The molecule has 0 bridgehead atoms. The number of carboxylic acid groups (broad SMARTS) is 1. The minimum atomic E-state index is -1.13. The Morgan fingerprint density at radius 1 is 1.21 bits per heavy atom. The lowest BCUT2D eigenvalue weighted by atomic mass is 10.0. The number of unbranched alkanes of at least 4 members (excludes halogenated alkanes) is 1. The Kier molecular flexibility index (Phi) is 10.8. The summed E-state index contributed by atoms with van der Waals surface area (Å²) in [5, 5.41) is 24.8. The van der Waals surface area contributed by atoms with E-state index in [0.29, 0.717) is 19.6 Å². The number of ether oxygens (including phenoxy) is 1. The van der Waals surface area contributed by atoms with Gasteiger partial charge in [-0.05, 0) is 31.4 Å². The van der Waals surface area contributed by atoms with Gasteiger partial charge in [0.15, 0.2) is 0 Å². The van der Waals surface area contributed by atoms with Gasteiger partial charge in [-0.25, -0.2) is 4.79 Å². The topological polar surface area (TPSA) is 90.8 Å². The van der Waals surface area contributed by atoms with Gasteiger partial charge in [-0.2, -0.15) is 0 Å². The predicted octanol–water partition coefficient (Wildman–Crippen LogP) is 2.02. The molecule has 2 atom stereocenters. The molecule has 0 aliphatic heterocycles. The van der Waals surface area contributed by atoms with Crippen LogP contribution >= 0.6 is 0 Å². The van der Waals surface area contributed by atoms with Crippen molar-refractivity contribution in [3.63, 3.8) is 0 Å². The fourth-order valence-electron chi connectivity index (χ4n) is 2.35. The van der Waals surface area contributed by atoms with E-state index < -0.39 is 18.2 Å². The Labute approximate surface area is 144 Å². The summed E-state index contributed by atoms with van der Waals surface area (Å²) in [5.74, 6) is 0. The largest absolute Gasteiger partial charge is 0.465 e. The number of aliphatic hydroxyl groups excluding tert-OH is 1. The number of aliphatic hydroxyl groups is 1. The highest BCUT2D eigenvalue weighted by atomic mass is 16.5. The van der Waals surface area contributed by atoms with Crippen LogP contribution in [0.4, 0.5) is 4.79 Å². The zero-order chi connectivity index (χ0) is 17.6. The van der Waals surface area contributed by atoms with Crippen LogP contribution in [0, 0.1) is 0 Å². The second-order valence-corrected chi connectivity index (χ2v) is 5.84. The van der Waals surface area contributed by atoms with Crippen molar-refractivity contribution in [2.45, 2.75) is 44.8 Å². The molecule has 6 nitrogen and oxygen atoms in total. The van der Waals surface area contributed by atoms with E-state index in [1.165, 1.54) is 0 Å². The molecule has 0 spiro atoms. The Morgan fingerprint density at radius 2 is 1.92 bits per heavy atom. The van der Waals surface area contributed by atoms with Gasteiger partial charge in [0.25, 0.3) is 0 Å². The number of hydrogen-bond acceptors (Lipinski definition) is 4. The van der Waals surface area contributed by atoms with Gasteiger partial charge in [-0.1, -0.05) is 43.7 Å². The van der Waals surface area contributed by atoms with E-state index >= 15 is 0 Å². The molecule has 0 aromatic heterocycles. The SMILES string of the molecule is CCCCOCCCNCC(O)C(Cc1ccccc1)NC(=O)O. The third kappa shape index (κ3) is 9.50. The number of rotatable bonds is 13. The molecule has 6 heteroatoms. The van der Waals surface area contributed by atoms with E-state index in [4.69, 9.17) is 9.84 Å². The smallest absolute Gasteiger partial charge is 0.404 e. The van der Waals surface area contributed by atoms with Gasteiger partial charge >= 0.3 is 6.09 Å². The summed E-state index contributed by atoms with van der Waals surface area (Å²) >= 11 is 0. The Balaban J connectivity index is 2.28. The maximum absolute atomic E-state index is 10.9. The quantitative estimate of drug-likeness (QED) is 0.413. The van der Waals surface area contributed by atoms with Gasteiger partial charge in [0.05, 0.1) is 12.1 Å². The number of benzene rings is 1. The molecule has 0 radical (unpaired) electrons. The van der Waals surface area contributed by atoms with Gasteiger partial charge in [0.2, 0.25) is 0 Å². The van der Waals surface area contributed by atoms with Gasteiger partial charge in [0, 0.05) is 19.8 Å². The van der Waals surface area contributed by atoms with Crippen LogP contribution in [-0.4, -0.2) is 54.8 Å². The van der Waals surface area contributed by atoms with Crippen molar-refractivity contribution in [2.75, 3.05) is 26.3 Å². The molecule has 2 unspecified atom stereocenters. The van der Waals surface area contributed by atoms with Crippen molar-refractivity contribution >= 4 is 6.09 Å². The first-order chi connectivity index (χ1) is 11.6. The maximum Gasteiger partial charge on any atom is 0.404 e. The summed E-state index contributed by atoms with van der Waals surface area (Å²) in [4.78, 5) is 10.9. The predicted molar refractivity (Wildman–Crippen MR) is 94.3 cm³/mol. The van der Waals surface area contributed by atoms with Crippen LogP contribution in [0.25, 0.3) is 0 Å². The first-order valence-corrected chi connectivity index (χ1v) is 8.63. The van der Waals surface area contributed by atoms with Gasteiger partial charge in [-0.3, -0.25) is 0 Å². The first-order valence-electron chi connectivity index (χ1n) is 8.63. The third-order valence-electron chi connectivity index (χ3n) is 3.71. The summed E-state index contributed by atoms with van der Waals surface area (Å²) in [6, 6.07) is 9.00. The average molecular weight is 338 g/mol. The lowest BCUT2D eigenvalue weighted by molar-refractivity contribution is 0.112. The maximum atomic E-state index is 10.9. The molecule has 0 aliphatic rings. The fraction of sp³-hybridized carbons (Fsp3) is 0.611. The second-order valence-electron chi connectivity index (χ2n) is 5.84. The van der Waals surface area contributed by atoms with E-state index in [9.17, 15) is 9.90 Å². The lowest BCUT2D eigenvalue weighted by Gasteiger charge is -2.23. The van der Waals surface area contributed by atoms with Crippen LogP contribution in [0.1, 0.15) is 31.7 Å². The summed E-state index contributed by atoms with van der Waals surface area (Å²) < 4.78 is 5.47. The molecule has 1 aromatic carbocycles. The van der Waals surface area contributed by atoms with Crippen molar-refractivity contribution < 1.29 is 19.7 Å². The molecule has 1 amide bonds. The van der Waals surface area contributed by atoms with Gasteiger partial charge in [0.1, 0.15) is 0 Å². The highest BCUT2D eigenvalue weighted by Crippen LogP contribution is 2.06. The number of hydrogen-bond donors (Lipinski definition) is 4. The van der Waals surface area contributed by atoms with Crippen molar-refractivity contribution in [1.29, 1.82) is 0 Å². The van der Waals surface area contributed by atoms with Crippen molar-refractivity contribution in [1.82, 2.24) is 10.6 Å². The average Bonchev–Trinajstić information content (AvgIpc) is 2.57. The van der Waals surface area contributed by atoms with Crippen molar-refractivity contribution in [2.24, 2.45) is 0 Å². The number of amides is 1. The molecule has 0 fully saturated rings. The van der Waals surface area contributed by atoms with E-state index in [2.05, 4.69) is 17.6 Å². The number of nitrogens with one attached hydrogen (secondary N) is 2. The molecule has 0 heterocycles. The normalized spacial score (nSPS) is 13.4. The highest BCUT2D eigenvalue weighted by molar-refractivity contribution is 5.65. The Bertz CT molecular complexity index is 442. The second kappa shape index (κ2) is 12.8. The molecule has 0 saturated heterocycles. The lowest BCUT2D eigenvalue weighted by Crippen LogP contribution is -2.48. The van der Waals surface area contributed by atoms with Crippen molar-refractivity contribution in [3.8, 4) is 0 Å². The zero-order valence-electron chi connectivity index (χ0n) is 14.4. The minimum absolute atomic E-state index is 0.340. The summed E-state index contributed by atoms with van der Waals surface area (Å²) in [7, 11) is 0. The van der Waals surface area contributed by atoms with Gasteiger partial charge in [-0.15, -0.1) is 0 Å². The minimum Gasteiger partial charge on any atom is -0.465 e. The summed E-state index contributed by atoms with van der Waals surface area (Å²) in [5.41, 5.74) is 0.986. The Morgan fingerprint density at radius 3 is 2.58 bits per heavy atom. The standard InChI is InChI=1S/C18H30N2O4/c1-2-3-11-24-12-7-10-19-14-17(21)16(20-18(22)23)13-15-8-5-4-6-9-15/h4-6,8-9,16-17,19-21H,2-3,7,10-14H2,1H3,(H,22,23). The summed E-state index contributed by atoms with van der Waals surface area (Å²) in [6.45, 7) is 4.69. The monoisotopic (exact) mass is 338 g/mol. The molecule has 0 aliphatic carbocycles. The molecular formula is C18H30N2O4. The molecule has 1 aromatic rings. The van der Waals surface area contributed by atoms with E-state index in [-0.39, 0.29) is 0 Å². The molecule has 1 rings (SSSR count). The summed E-state index contributed by atoms with van der Waals surface area (Å²) in [6.07, 6.45) is 1.61. The van der Waals surface area contributed by atoms with Crippen molar-refractivity contribution in [3.05, 3.63) is 35.9 Å². The molecule has 4 N–H and O–H groups in total. The van der Waals surface area contributed by atoms with Crippen LogP contribution in [0.15, 0.2) is 30.3 Å². The molecule has 0 saturated carbocycles. The van der Waals surface area contributed by atoms with Crippen LogP contribution in [0.2, 0.25) is 0 Å². The van der Waals surface area contributed by atoms with Crippen LogP contribution in [0.5, 0.6) is 0 Å². The highest BCUT2D eigenvalue weighted by Gasteiger charge is 2.21. The first kappa shape index (κ1) is 20.4. The van der Waals surface area contributed by atoms with Crippen LogP contribution in [-0.2, 0) is 11.2 Å². The number of carbonyl (C=O) groups is 1.